The van der Waals surface area contributed by atoms with Crippen molar-refractivity contribution in [2.24, 2.45) is 0 Å². The third-order valence-corrected chi connectivity index (χ3v) is 3.54. The summed E-state index contributed by atoms with van der Waals surface area (Å²) in [7, 11) is 0. The molecular weight excluding hydrogens is 315 g/mol. The number of nitrogens with zero attached hydrogens (tertiary/aromatic N) is 1. The maximum absolute atomic E-state index is 10.8. The lowest BCUT2D eigenvalue weighted by Gasteiger charge is -2.11. The number of benzene rings is 2. The first kappa shape index (κ1) is 15.4. The minimum atomic E-state index is -0.526. The van der Waals surface area contributed by atoms with E-state index in [0.29, 0.717) is 28.4 Å². The topological polar surface area (TPSA) is 75.4 Å². The van der Waals surface area contributed by atoms with Crippen LogP contribution < -0.4 is 5.32 Å². The van der Waals surface area contributed by atoms with Crippen molar-refractivity contribution >= 4 is 34.6 Å². The van der Waals surface area contributed by atoms with Gasteiger partial charge in [-0.05, 0) is 36.8 Å². The molecule has 2 N–H and O–H groups in total. The molecule has 0 spiro atoms. The number of nitro benzene ring substituents is 1. The number of aryl methyl sites for hydroxylation is 1. The molecule has 0 saturated carbocycles. The van der Waals surface area contributed by atoms with Gasteiger partial charge in [-0.1, -0.05) is 23.2 Å². The van der Waals surface area contributed by atoms with E-state index in [4.69, 9.17) is 23.2 Å². The highest BCUT2D eigenvalue weighted by Crippen LogP contribution is 2.31. The van der Waals surface area contributed by atoms with Crippen molar-refractivity contribution in [1.29, 1.82) is 0 Å². The van der Waals surface area contributed by atoms with Gasteiger partial charge in [-0.15, -0.1) is 0 Å². The van der Waals surface area contributed by atoms with Crippen LogP contribution in [0.3, 0.4) is 0 Å². The fourth-order valence-corrected chi connectivity index (χ4v) is 2.31. The van der Waals surface area contributed by atoms with Crippen LogP contribution in [0.4, 0.5) is 11.4 Å². The number of hydrogen-bond donors (Lipinski definition) is 2. The number of nitrogens with one attached hydrogen (secondary N) is 1. The zero-order valence-corrected chi connectivity index (χ0v) is 12.6. The summed E-state index contributed by atoms with van der Waals surface area (Å²) in [4.78, 5) is 10.3. The number of nitro groups is 1. The second-order valence-electron chi connectivity index (χ2n) is 4.50. The minimum absolute atomic E-state index is 0.0587. The molecule has 21 heavy (non-hydrogen) atoms. The Morgan fingerprint density at radius 2 is 2.00 bits per heavy atom. The minimum Gasteiger partial charge on any atom is -0.508 e. The smallest absolute Gasteiger partial charge is 0.288 e. The Labute approximate surface area is 131 Å². The highest BCUT2D eigenvalue weighted by molar-refractivity contribution is 6.33. The van der Waals surface area contributed by atoms with E-state index in [1.165, 1.54) is 18.2 Å². The van der Waals surface area contributed by atoms with E-state index in [1.807, 2.05) is 0 Å². The van der Waals surface area contributed by atoms with Gasteiger partial charge >= 0.3 is 0 Å². The molecule has 0 bridgehead atoms. The Morgan fingerprint density at radius 1 is 1.29 bits per heavy atom. The summed E-state index contributed by atoms with van der Waals surface area (Å²) in [6.07, 6.45) is 0. The first-order valence-corrected chi connectivity index (χ1v) is 6.80. The molecular formula is C14H12Cl2N2O3. The highest BCUT2D eigenvalue weighted by atomic mass is 35.5. The standard InChI is InChI=1S/C14H12Cl2N2O3/c1-8-4-13(18(20)21)11(16)6-12(8)17-7-9-5-10(15)2-3-14(9)19/h2-6,17,19H,7H2,1H3. The second kappa shape index (κ2) is 6.20. The van der Waals surface area contributed by atoms with Crippen LogP contribution in [0, 0.1) is 17.0 Å². The largest absolute Gasteiger partial charge is 0.508 e. The lowest BCUT2D eigenvalue weighted by Crippen LogP contribution is -2.02. The molecule has 0 radical (unpaired) electrons. The molecule has 0 aliphatic rings. The van der Waals surface area contributed by atoms with Gasteiger partial charge in [-0.2, -0.15) is 0 Å². The van der Waals surface area contributed by atoms with Crippen LogP contribution in [0.1, 0.15) is 11.1 Å². The number of halogens is 2. The van der Waals surface area contributed by atoms with E-state index in [2.05, 4.69) is 5.32 Å². The van der Waals surface area contributed by atoms with E-state index in [0.717, 1.165) is 0 Å². The van der Waals surface area contributed by atoms with Crippen molar-refractivity contribution in [3.05, 3.63) is 61.6 Å². The average Bonchev–Trinajstić information content (AvgIpc) is 2.42. The molecule has 0 aromatic heterocycles. The number of anilines is 1. The third-order valence-electron chi connectivity index (χ3n) is 3.00. The van der Waals surface area contributed by atoms with Gasteiger partial charge in [-0.25, -0.2) is 0 Å². The van der Waals surface area contributed by atoms with E-state index >= 15 is 0 Å². The number of aromatic hydroxyl groups is 1. The van der Waals surface area contributed by atoms with Crippen LogP contribution in [-0.2, 0) is 6.54 Å². The fraction of sp³-hybridized carbons (Fsp3) is 0.143. The van der Waals surface area contributed by atoms with Crippen molar-refractivity contribution < 1.29 is 10.0 Å². The molecule has 0 atom stereocenters. The molecule has 110 valence electrons. The predicted octanol–water partition coefficient (Wildman–Crippen LogP) is 4.53. The van der Waals surface area contributed by atoms with Crippen LogP contribution in [0.5, 0.6) is 5.75 Å². The lowest BCUT2D eigenvalue weighted by molar-refractivity contribution is -0.384. The zero-order valence-electron chi connectivity index (χ0n) is 11.1. The van der Waals surface area contributed by atoms with E-state index in [-0.39, 0.29) is 16.5 Å². The summed E-state index contributed by atoms with van der Waals surface area (Å²) < 4.78 is 0. The van der Waals surface area contributed by atoms with Crippen molar-refractivity contribution in [2.45, 2.75) is 13.5 Å². The number of hydrogen-bond acceptors (Lipinski definition) is 4. The highest BCUT2D eigenvalue weighted by Gasteiger charge is 2.15. The molecule has 0 aliphatic carbocycles. The molecule has 7 heteroatoms. The van der Waals surface area contributed by atoms with E-state index in [9.17, 15) is 15.2 Å². The van der Waals surface area contributed by atoms with Crippen LogP contribution in [0.2, 0.25) is 10.0 Å². The third kappa shape index (κ3) is 3.56. The zero-order chi connectivity index (χ0) is 15.6. The van der Waals surface area contributed by atoms with Gasteiger partial charge in [0.1, 0.15) is 10.8 Å². The fourth-order valence-electron chi connectivity index (χ4n) is 1.88. The Kier molecular flexibility index (Phi) is 4.55. The average molecular weight is 327 g/mol. The monoisotopic (exact) mass is 326 g/mol. The van der Waals surface area contributed by atoms with Crippen LogP contribution in [0.25, 0.3) is 0 Å². The van der Waals surface area contributed by atoms with E-state index < -0.39 is 4.92 Å². The first-order valence-electron chi connectivity index (χ1n) is 6.04. The molecule has 2 aromatic carbocycles. The molecule has 2 rings (SSSR count). The summed E-state index contributed by atoms with van der Waals surface area (Å²) in [5.74, 6) is 0.123. The van der Waals surface area contributed by atoms with E-state index in [1.54, 1.807) is 19.1 Å². The summed E-state index contributed by atoms with van der Waals surface area (Å²) >= 11 is 11.8. The molecule has 0 fully saturated rings. The number of phenols is 1. The molecule has 0 heterocycles. The van der Waals surface area contributed by atoms with Crippen molar-refractivity contribution in [3.8, 4) is 5.75 Å². The predicted molar refractivity (Wildman–Crippen MR) is 83.3 cm³/mol. The SMILES string of the molecule is Cc1cc([N+](=O)[O-])c(Cl)cc1NCc1cc(Cl)ccc1O. The van der Waals surface area contributed by atoms with Crippen molar-refractivity contribution in [3.63, 3.8) is 0 Å². The Hall–Kier alpha value is -1.98. The number of rotatable bonds is 4. The van der Waals surface area contributed by atoms with Crippen molar-refractivity contribution in [1.82, 2.24) is 0 Å². The molecule has 0 amide bonds. The van der Waals surface area contributed by atoms with Gasteiger partial charge in [0.15, 0.2) is 0 Å². The van der Waals surface area contributed by atoms with Crippen LogP contribution in [-0.4, -0.2) is 10.0 Å². The van der Waals surface area contributed by atoms with Gasteiger partial charge in [0, 0.05) is 28.9 Å². The molecule has 2 aromatic rings. The van der Waals surface area contributed by atoms with Crippen molar-refractivity contribution in [2.75, 3.05) is 5.32 Å². The quantitative estimate of drug-likeness (QED) is 0.639. The Balaban J connectivity index is 2.22. The second-order valence-corrected chi connectivity index (χ2v) is 5.35. The Morgan fingerprint density at radius 3 is 2.67 bits per heavy atom. The molecule has 5 nitrogen and oxygen atoms in total. The normalized spacial score (nSPS) is 10.4. The summed E-state index contributed by atoms with van der Waals surface area (Å²) in [6.45, 7) is 2.06. The summed E-state index contributed by atoms with van der Waals surface area (Å²) in [5, 5.41) is 24.2. The van der Waals surface area contributed by atoms with Gasteiger partial charge in [0.05, 0.1) is 4.92 Å². The summed E-state index contributed by atoms with van der Waals surface area (Å²) in [6, 6.07) is 7.65. The Bertz CT molecular complexity index is 705. The maximum Gasteiger partial charge on any atom is 0.288 e. The first-order chi connectivity index (χ1) is 9.88. The van der Waals surface area contributed by atoms with Gasteiger partial charge < -0.3 is 10.4 Å². The lowest BCUT2D eigenvalue weighted by atomic mass is 10.1. The van der Waals surface area contributed by atoms with Gasteiger partial charge in [-0.3, -0.25) is 10.1 Å². The van der Waals surface area contributed by atoms with Crippen LogP contribution >= 0.6 is 23.2 Å². The van der Waals surface area contributed by atoms with Gasteiger partial charge in [0.25, 0.3) is 5.69 Å². The number of phenolic OH excluding ortho intramolecular Hbond substituents is 1. The molecule has 0 aliphatic heterocycles. The maximum atomic E-state index is 10.8. The van der Waals surface area contributed by atoms with Crippen LogP contribution in [0.15, 0.2) is 30.3 Å². The molecule has 0 saturated heterocycles. The summed E-state index contributed by atoms with van der Waals surface area (Å²) in [5.41, 5.74) is 1.83. The molecule has 0 unspecified atom stereocenters. The van der Waals surface area contributed by atoms with Gasteiger partial charge in [0.2, 0.25) is 0 Å².